The standard InChI is InChI=1S/C20H22O6/c1-20(2)8-7-13-14(26-20)9-15(24-10-16(21)22)17-11-5-3-4-6-12(11)19(23)25-18(13)17/h9H,3-8,10H2,1-2H3,(H,21,22)/p-1. The second-order valence-corrected chi connectivity index (χ2v) is 7.63. The van der Waals surface area contributed by atoms with Crippen LogP contribution in [0.15, 0.2) is 15.3 Å². The number of benzene rings is 1. The maximum Gasteiger partial charge on any atom is 0.339 e. The van der Waals surface area contributed by atoms with Crippen molar-refractivity contribution in [2.24, 2.45) is 0 Å². The third kappa shape index (κ3) is 2.83. The van der Waals surface area contributed by atoms with E-state index in [0.717, 1.165) is 43.2 Å². The van der Waals surface area contributed by atoms with Gasteiger partial charge in [-0.25, -0.2) is 4.79 Å². The van der Waals surface area contributed by atoms with Gasteiger partial charge in [0.1, 0.15) is 29.3 Å². The van der Waals surface area contributed by atoms with Crippen LogP contribution in [0, 0.1) is 0 Å². The molecule has 0 bridgehead atoms. The molecule has 2 heterocycles. The van der Waals surface area contributed by atoms with Crippen LogP contribution in [0.1, 0.15) is 49.8 Å². The highest BCUT2D eigenvalue weighted by molar-refractivity contribution is 5.92. The lowest BCUT2D eigenvalue weighted by molar-refractivity contribution is -0.307. The number of hydrogen-bond donors (Lipinski definition) is 0. The summed E-state index contributed by atoms with van der Waals surface area (Å²) >= 11 is 0. The zero-order chi connectivity index (χ0) is 18.5. The summed E-state index contributed by atoms with van der Waals surface area (Å²) in [7, 11) is 0. The maximum atomic E-state index is 12.5. The van der Waals surface area contributed by atoms with Crippen LogP contribution >= 0.6 is 0 Å². The minimum atomic E-state index is -1.30. The summed E-state index contributed by atoms with van der Waals surface area (Å²) < 4.78 is 17.3. The first kappa shape index (κ1) is 16.9. The summed E-state index contributed by atoms with van der Waals surface area (Å²) in [4.78, 5) is 23.4. The van der Waals surface area contributed by atoms with Crippen molar-refractivity contribution in [3.05, 3.63) is 33.2 Å². The van der Waals surface area contributed by atoms with Crippen LogP contribution in [0.5, 0.6) is 11.5 Å². The van der Waals surface area contributed by atoms with Crippen LogP contribution in [-0.4, -0.2) is 18.2 Å². The van der Waals surface area contributed by atoms with E-state index in [4.69, 9.17) is 13.9 Å². The number of hydrogen-bond acceptors (Lipinski definition) is 6. The summed E-state index contributed by atoms with van der Waals surface area (Å²) in [6, 6.07) is 1.73. The van der Waals surface area contributed by atoms with E-state index < -0.39 is 12.6 Å². The first-order valence-electron chi connectivity index (χ1n) is 9.02. The number of aliphatic carboxylic acids is 1. The lowest BCUT2D eigenvalue weighted by Gasteiger charge is -2.33. The highest BCUT2D eigenvalue weighted by Gasteiger charge is 2.32. The maximum absolute atomic E-state index is 12.5. The van der Waals surface area contributed by atoms with Gasteiger partial charge in [0.2, 0.25) is 0 Å². The average molecular weight is 357 g/mol. The van der Waals surface area contributed by atoms with Crippen LogP contribution in [0.2, 0.25) is 0 Å². The molecule has 1 aromatic heterocycles. The van der Waals surface area contributed by atoms with Crippen molar-refractivity contribution >= 4 is 16.9 Å². The molecule has 0 saturated carbocycles. The van der Waals surface area contributed by atoms with Gasteiger partial charge in [0.25, 0.3) is 0 Å². The second-order valence-electron chi connectivity index (χ2n) is 7.63. The predicted molar refractivity (Wildman–Crippen MR) is 92.7 cm³/mol. The zero-order valence-electron chi connectivity index (χ0n) is 15.0. The van der Waals surface area contributed by atoms with Crippen molar-refractivity contribution in [1.29, 1.82) is 0 Å². The van der Waals surface area contributed by atoms with E-state index in [1.807, 2.05) is 13.8 Å². The fourth-order valence-corrected chi connectivity index (χ4v) is 3.97. The average Bonchev–Trinajstić information content (AvgIpc) is 2.58. The minimum Gasteiger partial charge on any atom is -0.546 e. The van der Waals surface area contributed by atoms with E-state index >= 15 is 0 Å². The number of ether oxygens (including phenoxy) is 2. The van der Waals surface area contributed by atoms with E-state index in [9.17, 15) is 14.7 Å². The summed E-state index contributed by atoms with van der Waals surface area (Å²) in [5.41, 5.74) is 2.27. The Morgan fingerprint density at radius 2 is 1.92 bits per heavy atom. The molecule has 2 aromatic rings. The Morgan fingerprint density at radius 3 is 2.65 bits per heavy atom. The monoisotopic (exact) mass is 357 g/mol. The number of carboxylic acid groups (broad SMARTS) is 1. The molecule has 0 unspecified atom stereocenters. The molecule has 2 aliphatic rings. The molecule has 1 aliphatic carbocycles. The number of rotatable bonds is 3. The van der Waals surface area contributed by atoms with E-state index in [1.165, 1.54) is 0 Å². The molecule has 4 rings (SSSR count). The lowest BCUT2D eigenvalue weighted by Crippen LogP contribution is -2.33. The number of carboxylic acids is 1. The second kappa shape index (κ2) is 6.04. The molecule has 0 radical (unpaired) electrons. The molecular formula is C20H21O6-. The molecule has 0 saturated heterocycles. The summed E-state index contributed by atoms with van der Waals surface area (Å²) in [5, 5.41) is 11.6. The lowest BCUT2D eigenvalue weighted by atomic mass is 9.87. The van der Waals surface area contributed by atoms with E-state index in [0.29, 0.717) is 34.5 Å². The highest BCUT2D eigenvalue weighted by Crippen LogP contribution is 2.44. The Kier molecular flexibility index (Phi) is 3.93. The Balaban J connectivity index is 2.00. The fraction of sp³-hybridized carbons (Fsp3) is 0.500. The molecule has 138 valence electrons. The molecule has 0 amide bonds. The molecule has 0 spiro atoms. The molecule has 6 nitrogen and oxygen atoms in total. The molecule has 26 heavy (non-hydrogen) atoms. The predicted octanol–water partition coefficient (Wildman–Crippen LogP) is 1.90. The van der Waals surface area contributed by atoms with Gasteiger partial charge in [-0.05, 0) is 57.9 Å². The van der Waals surface area contributed by atoms with Gasteiger partial charge in [-0.2, -0.15) is 0 Å². The Bertz CT molecular complexity index is 953. The zero-order valence-corrected chi connectivity index (χ0v) is 15.0. The SMILES string of the molecule is CC1(C)CCc2c(cc(OCC(=O)[O-])c3c4c(c(=O)oc23)CCCC4)O1. The first-order chi connectivity index (χ1) is 12.4. The quantitative estimate of drug-likeness (QED) is 0.780. The molecule has 0 atom stereocenters. The molecule has 6 heteroatoms. The van der Waals surface area contributed by atoms with Crippen molar-refractivity contribution in [2.45, 2.75) is 58.0 Å². The number of fused-ring (bicyclic) bond motifs is 5. The number of aryl methyl sites for hydroxylation is 2. The van der Waals surface area contributed by atoms with Crippen molar-refractivity contribution in [1.82, 2.24) is 0 Å². The van der Waals surface area contributed by atoms with Crippen LogP contribution in [0.4, 0.5) is 0 Å². The largest absolute Gasteiger partial charge is 0.546 e. The molecule has 0 N–H and O–H groups in total. The molecule has 0 fully saturated rings. The topological polar surface area (TPSA) is 88.8 Å². The molecule has 1 aromatic carbocycles. The third-order valence-corrected chi connectivity index (χ3v) is 5.23. The Hall–Kier alpha value is -2.50. The van der Waals surface area contributed by atoms with Gasteiger partial charge >= 0.3 is 5.63 Å². The van der Waals surface area contributed by atoms with Crippen molar-refractivity contribution in [2.75, 3.05) is 6.61 Å². The van der Waals surface area contributed by atoms with Crippen LogP contribution in [0.25, 0.3) is 11.0 Å². The normalized spacial score (nSPS) is 17.9. The summed E-state index contributed by atoms with van der Waals surface area (Å²) in [6.45, 7) is 3.42. The van der Waals surface area contributed by atoms with Crippen molar-refractivity contribution < 1.29 is 23.8 Å². The van der Waals surface area contributed by atoms with Gasteiger partial charge in [0.05, 0.1) is 11.4 Å². The van der Waals surface area contributed by atoms with Crippen LogP contribution in [-0.2, 0) is 24.1 Å². The van der Waals surface area contributed by atoms with Gasteiger partial charge in [0, 0.05) is 17.2 Å². The van der Waals surface area contributed by atoms with Gasteiger partial charge in [0.15, 0.2) is 0 Å². The Labute approximate surface area is 150 Å². The highest BCUT2D eigenvalue weighted by atomic mass is 16.5. The first-order valence-corrected chi connectivity index (χ1v) is 9.02. The summed E-state index contributed by atoms with van der Waals surface area (Å²) in [5.74, 6) is -0.341. The van der Waals surface area contributed by atoms with Gasteiger partial charge in [-0.1, -0.05) is 0 Å². The van der Waals surface area contributed by atoms with E-state index in [-0.39, 0.29) is 11.2 Å². The van der Waals surface area contributed by atoms with E-state index in [1.54, 1.807) is 6.07 Å². The van der Waals surface area contributed by atoms with Crippen LogP contribution in [0.3, 0.4) is 0 Å². The summed E-state index contributed by atoms with van der Waals surface area (Å²) in [6.07, 6.45) is 4.88. The van der Waals surface area contributed by atoms with Crippen molar-refractivity contribution in [3.8, 4) is 11.5 Å². The van der Waals surface area contributed by atoms with Crippen LogP contribution < -0.4 is 20.2 Å². The minimum absolute atomic E-state index is 0.309. The Morgan fingerprint density at radius 1 is 1.19 bits per heavy atom. The van der Waals surface area contributed by atoms with Crippen molar-refractivity contribution in [3.63, 3.8) is 0 Å². The molecular weight excluding hydrogens is 336 g/mol. The molecule has 1 aliphatic heterocycles. The van der Waals surface area contributed by atoms with Gasteiger partial charge in [-0.15, -0.1) is 0 Å². The fourth-order valence-electron chi connectivity index (χ4n) is 3.97. The smallest absolute Gasteiger partial charge is 0.339 e. The third-order valence-electron chi connectivity index (χ3n) is 5.23. The van der Waals surface area contributed by atoms with Gasteiger partial charge in [-0.3, -0.25) is 0 Å². The number of carbonyl (C=O) groups excluding carboxylic acids is 1. The van der Waals surface area contributed by atoms with Gasteiger partial charge < -0.3 is 23.8 Å². The van der Waals surface area contributed by atoms with E-state index in [2.05, 4.69) is 0 Å². The number of carbonyl (C=O) groups is 1.